The summed E-state index contributed by atoms with van der Waals surface area (Å²) in [6.07, 6.45) is 2.74. The monoisotopic (exact) mass is 331 g/mol. The number of aromatic nitrogens is 1. The van der Waals surface area contributed by atoms with Crippen LogP contribution in [-0.2, 0) is 10.0 Å². The molecule has 1 heterocycles. The smallest absolute Gasteiger partial charge is 0.241 e. The van der Waals surface area contributed by atoms with Crippen LogP contribution in [0, 0.1) is 0 Å². The number of hydrogen-bond acceptors (Lipinski definition) is 3. The summed E-state index contributed by atoms with van der Waals surface area (Å²) in [5, 5.41) is 0.945. The van der Waals surface area contributed by atoms with Crippen LogP contribution in [-0.4, -0.2) is 18.1 Å². The van der Waals surface area contributed by atoms with E-state index in [9.17, 15) is 8.42 Å². The van der Waals surface area contributed by atoms with Gasteiger partial charge in [-0.1, -0.05) is 25.1 Å². The summed E-state index contributed by atoms with van der Waals surface area (Å²) in [4.78, 5) is 1.47. The first kappa shape index (κ1) is 15.2. The van der Waals surface area contributed by atoms with E-state index in [0.717, 1.165) is 17.6 Å². The maximum absolute atomic E-state index is 12.7. The normalized spacial score (nSPS) is 11.9. The standard InChI is InChI=1S/C17H17NO2S2/c1-2-12-21-15-8-9-17-14(13-15)10-11-18(17)22(19,20)16-6-4-3-5-7-16/h3-11,13H,2,12H2,1H3. The van der Waals surface area contributed by atoms with E-state index in [1.54, 1.807) is 42.2 Å². The van der Waals surface area contributed by atoms with Crippen molar-refractivity contribution in [2.45, 2.75) is 23.1 Å². The first-order valence-corrected chi connectivity index (χ1v) is 9.60. The molecule has 0 bridgehead atoms. The fourth-order valence-corrected chi connectivity index (χ4v) is 4.51. The minimum absolute atomic E-state index is 0.303. The highest BCUT2D eigenvalue weighted by Gasteiger charge is 2.18. The predicted molar refractivity (Wildman–Crippen MR) is 92.0 cm³/mol. The lowest BCUT2D eigenvalue weighted by atomic mass is 10.2. The van der Waals surface area contributed by atoms with Gasteiger partial charge in [0.15, 0.2) is 0 Å². The van der Waals surface area contributed by atoms with Crippen molar-refractivity contribution in [2.75, 3.05) is 5.75 Å². The fraction of sp³-hybridized carbons (Fsp3) is 0.176. The van der Waals surface area contributed by atoms with Crippen molar-refractivity contribution in [2.24, 2.45) is 0 Å². The Balaban J connectivity index is 2.05. The molecule has 0 unspecified atom stereocenters. The Kier molecular flexibility index (Phi) is 4.27. The van der Waals surface area contributed by atoms with Crippen LogP contribution in [0.15, 0.2) is 70.6 Å². The Bertz CT molecular complexity index is 883. The van der Waals surface area contributed by atoms with Crippen molar-refractivity contribution >= 4 is 32.7 Å². The molecule has 0 spiro atoms. The molecule has 1 aromatic heterocycles. The average molecular weight is 331 g/mol. The summed E-state index contributed by atoms with van der Waals surface area (Å²) in [7, 11) is -3.54. The number of hydrogen-bond donors (Lipinski definition) is 0. The Morgan fingerprint density at radius 2 is 1.82 bits per heavy atom. The van der Waals surface area contributed by atoms with Gasteiger partial charge in [0.25, 0.3) is 10.0 Å². The molecule has 0 radical (unpaired) electrons. The molecule has 3 aromatic rings. The van der Waals surface area contributed by atoms with E-state index < -0.39 is 10.0 Å². The minimum atomic E-state index is -3.54. The number of benzene rings is 2. The summed E-state index contributed by atoms with van der Waals surface area (Å²) in [6.45, 7) is 2.15. The predicted octanol–water partition coefficient (Wildman–Crippen LogP) is 4.38. The highest BCUT2D eigenvalue weighted by Crippen LogP contribution is 2.27. The highest BCUT2D eigenvalue weighted by molar-refractivity contribution is 7.99. The maximum atomic E-state index is 12.7. The molecule has 0 aliphatic carbocycles. The van der Waals surface area contributed by atoms with E-state index >= 15 is 0 Å². The number of nitrogens with zero attached hydrogens (tertiary/aromatic N) is 1. The van der Waals surface area contributed by atoms with Crippen LogP contribution in [0.3, 0.4) is 0 Å². The largest absolute Gasteiger partial charge is 0.268 e. The van der Waals surface area contributed by atoms with Crippen molar-refractivity contribution in [3.05, 3.63) is 60.8 Å². The fourth-order valence-electron chi connectivity index (χ4n) is 2.32. The number of thioether (sulfide) groups is 1. The Hall–Kier alpha value is -1.72. The molecule has 0 atom stereocenters. The summed E-state index contributed by atoms with van der Waals surface area (Å²) in [5.41, 5.74) is 0.713. The van der Waals surface area contributed by atoms with Gasteiger partial charge in [0.1, 0.15) is 0 Å². The molecule has 0 saturated heterocycles. The second-order valence-electron chi connectivity index (χ2n) is 5.00. The SMILES string of the molecule is CCCSc1ccc2c(ccn2S(=O)(=O)c2ccccc2)c1. The third kappa shape index (κ3) is 2.78. The van der Waals surface area contributed by atoms with Crippen LogP contribution >= 0.6 is 11.8 Å². The van der Waals surface area contributed by atoms with E-state index in [1.807, 2.05) is 30.3 Å². The van der Waals surface area contributed by atoms with Crippen LogP contribution in [0.2, 0.25) is 0 Å². The molecule has 0 N–H and O–H groups in total. The van der Waals surface area contributed by atoms with Gasteiger partial charge in [0.05, 0.1) is 10.4 Å². The molecule has 3 nitrogen and oxygen atoms in total. The lowest BCUT2D eigenvalue weighted by Crippen LogP contribution is -2.11. The second kappa shape index (κ2) is 6.18. The molecule has 2 aromatic carbocycles. The Labute approximate surface area is 135 Å². The van der Waals surface area contributed by atoms with E-state index in [4.69, 9.17) is 0 Å². The van der Waals surface area contributed by atoms with E-state index in [1.165, 1.54) is 8.87 Å². The van der Waals surface area contributed by atoms with E-state index in [2.05, 4.69) is 6.92 Å². The maximum Gasteiger partial charge on any atom is 0.268 e. The van der Waals surface area contributed by atoms with Crippen LogP contribution in [0.1, 0.15) is 13.3 Å². The van der Waals surface area contributed by atoms with Crippen molar-refractivity contribution in [3.8, 4) is 0 Å². The van der Waals surface area contributed by atoms with Gasteiger partial charge in [-0.05, 0) is 48.6 Å². The molecule has 22 heavy (non-hydrogen) atoms. The molecule has 0 aliphatic rings. The Morgan fingerprint density at radius 3 is 2.55 bits per heavy atom. The third-order valence-electron chi connectivity index (χ3n) is 3.40. The number of rotatable bonds is 5. The molecule has 0 fully saturated rings. The van der Waals surface area contributed by atoms with Crippen molar-refractivity contribution in [3.63, 3.8) is 0 Å². The zero-order valence-corrected chi connectivity index (χ0v) is 13.9. The molecule has 5 heteroatoms. The van der Waals surface area contributed by atoms with Crippen LogP contribution in [0.4, 0.5) is 0 Å². The Morgan fingerprint density at radius 1 is 1.05 bits per heavy atom. The average Bonchev–Trinajstić information content (AvgIpc) is 2.97. The van der Waals surface area contributed by atoms with Gasteiger partial charge < -0.3 is 0 Å². The summed E-state index contributed by atoms with van der Waals surface area (Å²) >= 11 is 1.79. The van der Waals surface area contributed by atoms with Crippen molar-refractivity contribution in [1.82, 2.24) is 3.97 Å². The molecular formula is C17H17NO2S2. The third-order valence-corrected chi connectivity index (χ3v) is 6.30. The van der Waals surface area contributed by atoms with Crippen LogP contribution in [0.5, 0.6) is 0 Å². The molecular weight excluding hydrogens is 314 g/mol. The van der Waals surface area contributed by atoms with Gasteiger partial charge in [-0.25, -0.2) is 12.4 Å². The lowest BCUT2D eigenvalue weighted by Gasteiger charge is -2.08. The summed E-state index contributed by atoms with van der Waals surface area (Å²) in [6, 6.07) is 16.3. The van der Waals surface area contributed by atoms with Gasteiger partial charge in [0.2, 0.25) is 0 Å². The minimum Gasteiger partial charge on any atom is -0.241 e. The van der Waals surface area contributed by atoms with Gasteiger partial charge in [-0.2, -0.15) is 0 Å². The first-order chi connectivity index (χ1) is 10.6. The quantitative estimate of drug-likeness (QED) is 0.651. The molecule has 114 valence electrons. The first-order valence-electron chi connectivity index (χ1n) is 7.17. The van der Waals surface area contributed by atoms with E-state index in [0.29, 0.717) is 10.4 Å². The van der Waals surface area contributed by atoms with Crippen LogP contribution < -0.4 is 0 Å². The zero-order chi connectivity index (χ0) is 15.6. The zero-order valence-electron chi connectivity index (χ0n) is 12.3. The lowest BCUT2D eigenvalue weighted by molar-refractivity contribution is 0.589. The van der Waals surface area contributed by atoms with Gasteiger partial charge in [0, 0.05) is 16.5 Å². The van der Waals surface area contributed by atoms with Crippen LogP contribution in [0.25, 0.3) is 10.9 Å². The number of fused-ring (bicyclic) bond motifs is 1. The van der Waals surface area contributed by atoms with Gasteiger partial charge in [-0.3, -0.25) is 0 Å². The second-order valence-corrected chi connectivity index (χ2v) is 7.98. The van der Waals surface area contributed by atoms with E-state index in [-0.39, 0.29) is 0 Å². The summed E-state index contributed by atoms with van der Waals surface area (Å²) in [5.74, 6) is 1.06. The molecule has 3 rings (SSSR count). The van der Waals surface area contributed by atoms with Gasteiger partial charge in [-0.15, -0.1) is 11.8 Å². The molecule has 0 aliphatic heterocycles. The van der Waals surface area contributed by atoms with Gasteiger partial charge >= 0.3 is 0 Å². The van der Waals surface area contributed by atoms with Crippen molar-refractivity contribution in [1.29, 1.82) is 0 Å². The molecule has 0 saturated carbocycles. The summed E-state index contributed by atoms with van der Waals surface area (Å²) < 4.78 is 26.8. The molecule has 0 amide bonds. The highest BCUT2D eigenvalue weighted by atomic mass is 32.2. The van der Waals surface area contributed by atoms with Crippen molar-refractivity contribution < 1.29 is 8.42 Å². The topological polar surface area (TPSA) is 39.1 Å².